The Morgan fingerprint density at radius 1 is 0.974 bits per heavy atom. The van der Waals surface area contributed by atoms with Crippen LogP contribution >= 0.6 is 15.9 Å². The van der Waals surface area contributed by atoms with Crippen molar-refractivity contribution in [3.8, 4) is 0 Å². The van der Waals surface area contributed by atoms with E-state index >= 15 is 0 Å². The number of carbonyl (C=O) groups excluding carboxylic acids is 2. The normalized spacial score (nSPS) is 12.0. The number of rotatable bonds is 12. The van der Waals surface area contributed by atoms with E-state index in [1.807, 2.05) is 31.2 Å². The number of unbranched alkanes of at least 4 members (excludes halogenated alkanes) is 1. The van der Waals surface area contributed by atoms with Gasteiger partial charge in [-0.1, -0.05) is 59.6 Å². The zero-order valence-corrected chi connectivity index (χ0v) is 23.7. The van der Waals surface area contributed by atoms with E-state index in [9.17, 15) is 22.4 Å². The average Bonchev–Trinajstić information content (AvgIpc) is 2.91. The second-order valence-corrected chi connectivity index (χ2v) is 11.5. The number of anilines is 1. The molecule has 3 aromatic rings. The minimum Gasteiger partial charge on any atom is -0.354 e. The minimum atomic E-state index is -4.23. The van der Waals surface area contributed by atoms with Gasteiger partial charge in [0.05, 0.1) is 10.6 Å². The van der Waals surface area contributed by atoms with Gasteiger partial charge in [0.2, 0.25) is 11.8 Å². The number of halogens is 2. The lowest BCUT2D eigenvalue weighted by atomic mass is 10.1. The third kappa shape index (κ3) is 7.64. The van der Waals surface area contributed by atoms with Crippen molar-refractivity contribution < 1.29 is 22.4 Å². The molecular formula is C28H31BrFN3O4S. The molecule has 0 heterocycles. The number of sulfonamides is 1. The van der Waals surface area contributed by atoms with Gasteiger partial charge in [-0.3, -0.25) is 13.9 Å². The van der Waals surface area contributed by atoms with E-state index in [4.69, 9.17) is 0 Å². The monoisotopic (exact) mass is 603 g/mol. The maximum atomic E-state index is 13.8. The quantitative estimate of drug-likeness (QED) is 0.291. The Hall–Kier alpha value is -3.24. The van der Waals surface area contributed by atoms with Crippen molar-refractivity contribution in [2.24, 2.45) is 0 Å². The van der Waals surface area contributed by atoms with Crippen LogP contribution < -0.4 is 9.62 Å². The highest BCUT2D eigenvalue weighted by Gasteiger charge is 2.32. The predicted molar refractivity (Wildman–Crippen MR) is 149 cm³/mol. The van der Waals surface area contributed by atoms with Gasteiger partial charge < -0.3 is 10.2 Å². The Morgan fingerprint density at radius 3 is 2.21 bits per heavy atom. The molecular weight excluding hydrogens is 573 g/mol. The fraction of sp³-hybridized carbons (Fsp3) is 0.286. The van der Waals surface area contributed by atoms with Crippen LogP contribution in [0.5, 0.6) is 0 Å². The molecule has 0 fully saturated rings. The summed E-state index contributed by atoms with van der Waals surface area (Å²) in [5.41, 5.74) is 1.05. The lowest BCUT2D eigenvalue weighted by molar-refractivity contribution is -0.139. The van der Waals surface area contributed by atoms with Crippen LogP contribution in [0.1, 0.15) is 32.3 Å². The molecule has 0 saturated heterocycles. The van der Waals surface area contributed by atoms with Gasteiger partial charge >= 0.3 is 0 Å². The SMILES string of the molecule is CCCCNC(=O)C(C)N(Cc1ccc(Br)cc1)C(=O)CN(c1ccccc1)S(=O)(=O)c1ccc(F)cc1. The number of nitrogens with one attached hydrogen (secondary N) is 1. The number of hydrogen-bond acceptors (Lipinski definition) is 4. The van der Waals surface area contributed by atoms with Crippen LogP contribution in [0.4, 0.5) is 10.1 Å². The summed E-state index contributed by atoms with van der Waals surface area (Å²) in [6.07, 6.45) is 1.71. The molecule has 3 rings (SSSR count). The minimum absolute atomic E-state index is 0.105. The summed E-state index contributed by atoms with van der Waals surface area (Å²) in [7, 11) is -4.23. The third-order valence-electron chi connectivity index (χ3n) is 5.99. The molecule has 0 aliphatic heterocycles. The first-order valence-corrected chi connectivity index (χ1v) is 14.5. The van der Waals surface area contributed by atoms with E-state index < -0.39 is 34.3 Å². The van der Waals surface area contributed by atoms with Crippen molar-refractivity contribution in [3.63, 3.8) is 0 Å². The van der Waals surface area contributed by atoms with E-state index in [0.717, 1.165) is 51.4 Å². The van der Waals surface area contributed by atoms with Crippen molar-refractivity contribution >= 4 is 43.5 Å². The highest BCUT2D eigenvalue weighted by atomic mass is 79.9. The number of amides is 2. The van der Waals surface area contributed by atoms with Crippen LogP contribution in [-0.4, -0.2) is 44.3 Å². The van der Waals surface area contributed by atoms with Crippen LogP contribution in [0, 0.1) is 5.82 Å². The number of nitrogens with zero attached hydrogens (tertiary/aromatic N) is 2. The fourth-order valence-electron chi connectivity index (χ4n) is 3.76. The summed E-state index contributed by atoms with van der Waals surface area (Å²) in [5.74, 6) is -1.45. The Labute approximate surface area is 231 Å². The zero-order valence-electron chi connectivity index (χ0n) is 21.3. The standard InChI is InChI=1S/C28H31BrFN3O4S/c1-3-4-18-31-28(35)21(2)32(19-22-10-12-23(29)13-11-22)27(34)20-33(25-8-6-5-7-9-25)38(36,37)26-16-14-24(30)15-17-26/h5-17,21H,3-4,18-20H2,1-2H3,(H,31,35). The molecule has 0 radical (unpaired) electrons. The van der Waals surface area contributed by atoms with Gasteiger partial charge in [-0.05, 0) is 67.4 Å². The predicted octanol–water partition coefficient (Wildman–Crippen LogP) is 5.12. The van der Waals surface area contributed by atoms with E-state index in [1.165, 1.54) is 4.90 Å². The first-order valence-electron chi connectivity index (χ1n) is 12.3. The van der Waals surface area contributed by atoms with Gasteiger partial charge in [0.15, 0.2) is 0 Å². The van der Waals surface area contributed by atoms with Crippen LogP contribution in [-0.2, 0) is 26.2 Å². The fourth-order valence-corrected chi connectivity index (χ4v) is 5.44. The molecule has 1 N–H and O–H groups in total. The molecule has 202 valence electrons. The highest BCUT2D eigenvalue weighted by Crippen LogP contribution is 2.24. The number of carbonyl (C=O) groups is 2. The Kier molecular flexibility index (Phi) is 10.4. The van der Waals surface area contributed by atoms with Crippen molar-refractivity contribution in [2.75, 3.05) is 17.4 Å². The van der Waals surface area contributed by atoms with Crippen LogP contribution in [0.15, 0.2) is 88.2 Å². The lowest BCUT2D eigenvalue weighted by Crippen LogP contribution is -2.51. The summed E-state index contributed by atoms with van der Waals surface area (Å²) < 4.78 is 42.6. The van der Waals surface area contributed by atoms with Gasteiger partial charge in [-0.15, -0.1) is 0 Å². The first-order chi connectivity index (χ1) is 18.1. The molecule has 7 nitrogen and oxygen atoms in total. The molecule has 2 amide bonds. The highest BCUT2D eigenvalue weighted by molar-refractivity contribution is 9.10. The second kappa shape index (κ2) is 13.5. The molecule has 0 aromatic heterocycles. The Morgan fingerprint density at radius 2 is 1.61 bits per heavy atom. The van der Waals surface area contributed by atoms with Crippen molar-refractivity contribution in [1.29, 1.82) is 0 Å². The molecule has 0 saturated carbocycles. The molecule has 0 aliphatic carbocycles. The van der Waals surface area contributed by atoms with Crippen molar-refractivity contribution in [3.05, 3.63) is 94.7 Å². The Balaban J connectivity index is 1.96. The van der Waals surface area contributed by atoms with E-state index in [2.05, 4.69) is 21.2 Å². The van der Waals surface area contributed by atoms with Gasteiger partial charge in [0.25, 0.3) is 10.0 Å². The average molecular weight is 605 g/mol. The molecule has 3 aromatic carbocycles. The van der Waals surface area contributed by atoms with Gasteiger partial charge in [0.1, 0.15) is 18.4 Å². The molecule has 0 bridgehead atoms. The summed E-state index contributed by atoms with van der Waals surface area (Å²) in [6.45, 7) is 3.67. The maximum absolute atomic E-state index is 13.8. The van der Waals surface area contributed by atoms with Crippen molar-refractivity contribution in [1.82, 2.24) is 10.2 Å². The van der Waals surface area contributed by atoms with E-state index in [0.29, 0.717) is 6.54 Å². The van der Waals surface area contributed by atoms with E-state index in [1.54, 1.807) is 37.3 Å². The molecule has 0 spiro atoms. The largest absolute Gasteiger partial charge is 0.354 e. The lowest BCUT2D eigenvalue weighted by Gasteiger charge is -2.32. The summed E-state index contributed by atoms with van der Waals surface area (Å²) in [4.78, 5) is 27.9. The van der Waals surface area contributed by atoms with Crippen LogP contribution in [0.2, 0.25) is 0 Å². The molecule has 1 atom stereocenters. The smallest absolute Gasteiger partial charge is 0.264 e. The summed E-state index contributed by atoms with van der Waals surface area (Å²) in [5, 5.41) is 2.85. The molecule has 1 unspecified atom stereocenters. The molecule has 38 heavy (non-hydrogen) atoms. The number of para-hydroxylation sites is 1. The number of benzene rings is 3. The van der Waals surface area contributed by atoms with Crippen LogP contribution in [0.25, 0.3) is 0 Å². The second-order valence-electron chi connectivity index (χ2n) is 8.77. The number of hydrogen-bond donors (Lipinski definition) is 1. The van der Waals surface area contributed by atoms with E-state index in [-0.39, 0.29) is 23.0 Å². The van der Waals surface area contributed by atoms with Gasteiger partial charge in [-0.25, -0.2) is 12.8 Å². The topological polar surface area (TPSA) is 86.8 Å². The maximum Gasteiger partial charge on any atom is 0.264 e. The van der Waals surface area contributed by atoms with Crippen LogP contribution in [0.3, 0.4) is 0 Å². The summed E-state index contributed by atoms with van der Waals surface area (Å²) >= 11 is 3.39. The van der Waals surface area contributed by atoms with Gasteiger partial charge in [0, 0.05) is 17.6 Å². The summed E-state index contributed by atoms with van der Waals surface area (Å²) in [6, 6.07) is 19.1. The zero-order chi connectivity index (χ0) is 27.7. The Bertz CT molecular complexity index is 1320. The first kappa shape index (κ1) is 29.3. The van der Waals surface area contributed by atoms with Crippen molar-refractivity contribution in [2.45, 2.75) is 44.2 Å². The van der Waals surface area contributed by atoms with Gasteiger partial charge in [-0.2, -0.15) is 0 Å². The third-order valence-corrected chi connectivity index (χ3v) is 8.30. The molecule has 10 heteroatoms. The molecule has 0 aliphatic rings.